The van der Waals surface area contributed by atoms with Crippen LogP contribution in [-0.2, 0) is 0 Å². The van der Waals surface area contributed by atoms with Gasteiger partial charge in [-0.1, -0.05) is 18.2 Å². The van der Waals surface area contributed by atoms with Crippen LogP contribution in [0.3, 0.4) is 0 Å². The summed E-state index contributed by atoms with van der Waals surface area (Å²) in [7, 11) is 0. The van der Waals surface area contributed by atoms with Crippen molar-refractivity contribution in [3.05, 3.63) is 42.3 Å². The Morgan fingerprint density at radius 2 is 2.07 bits per heavy atom. The van der Waals surface area contributed by atoms with Crippen molar-refractivity contribution in [3.8, 4) is 17.5 Å². The zero-order chi connectivity index (χ0) is 10.7. The van der Waals surface area contributed by atoms with Gasteiger partial charge >= 0.3 is 0 Å². The van der Waals surface area contributed by atoms with Crippen LogP contribution in [0.5, 0.6) is 0 Å². The van der Waals surface area contributed by atoms with Crippen molar-refractivity contribution in [1.29, 1.82) is 5.26 Å². The van der Waals surface area contributed by atoms with Crippen molar-refractivity contribution in [2.45, 2.75) is 12.8 Å². The number of hydrogen-bond acceptors (Lipinski definition) is 3. The number of aromatic nitrogens is 1. The fourth-order valence-electron chi connectivity index (χ4n) is 1.26. The van der Waals surface area contributed by atoms with Crippen LogP contribution in [0.4, 0.5) is 0 Å². The van der Waals surface area contributed by atoms with E-state index in [2.05, 4.69) is 11.1 Å². The lowest BCUT2D eigenvalue weighted by molar-refractivity contribution is 0.572. The number of nitrogens with zero attached hydrogens (tertiary/aromatic N) is 2. The molecule has 0 saturated carbocycles. The van der Waals surface area contributed by atoms with Gasteiger partial charge in [0.15, 0.2) is 0 Å². The van der Waals surface area contributed by atoms with Crippen LogP contribution in [0, 0.1) is 11.3 Å². The van der Waals surface area contributed by atoms with Crippen LogP contribution in [-0.4, -0.2) is 4.98 Å². The molecule has 0 saturated heterocycles. The zero-order valence-corrected chi connectivity index (χ0v) is 8.34. The van der Waals surface area contributed by atoms with Gasteiger partial charge in [-0.05, 0) is 19.1 Å². The van der Waals surface area contributed by atoms with Gasteiger partial charge in [0.2, 0.25) is 5.89 Å². The molecule has 0 N–H and O–H groups in total. The smallest absolute Gasteiger partial charge is 0.226 e. The lowest BCUT2D eigenvalue weighted by Gasteiger charge is -1.93. The molecule has 1 aromatic heterocycles. The van der Waals surface area contributed by atoms with Crippen molar-refractivity contribution >= 4 is 0 Å². The van der Waals surface area contributed by atoms with E-state index in [9.17, 15) is 0 Å². The maximum absolute atomic E-state index is 8.74. The highest BCUT2D eigenvalue weighted by atomic mass is 16.3. The normalized spacial score (nSPS) is 12.0. The summed E-state index contributed by atoms with van der Waals surface area (Å²) >= 11 is 0. The minimum absolute atomic E-state index is 0.230. The molecule has 2 aromatic rings. The molecule has 3 heteroatoms. The van der Waals surface area contributed by atoms with Gasteiger partial charge in [-0.25, -0.2) is 4.98 Å². The van der Waals surface area contributed by atoms with Crippen LogP contribution in [0.25, 0.3) is 11.5 Å². The first-order valence-electron chi connectivity index (χ1n) is 4.71. The van der Waals surface area contributed by atoms with Crippen LogP contribution < -0.4 is 0 Å². The monoisotopic (exact) mass is 198 g/mol. The average Bonchev–Trinajstić information content (AvgIpc) is 2.78. The Morgan fingerprint density at radius 3 is 2.73 bits per heavy atom. The Bertz CT molecular complexity index is 482. The summed E-state index contributed by atoms with van der Waals surface area (Å²) in [5.74, 6) is 0.332. The summed E-state index contributed by atoms with van der Waals surface area (Å²) < 4.78 is 5.31. The predicted molar refractivity (Wildman–Crippen MR) is 56.0 cm³/mol. The fraction of sp³-hybridized carbons (Fsp3) is 0.167. The molecule has 1 unspecified atom stereocenters. The van der Waals surface area contributed by atoms with Crippen LogP contribution in [0.15, 0.2) is 41.0 Å². The molecular formula is C12H10N2O. The second-order valence-corrected chi connectivity index (χ2v) is 3.29. The molecule has 3 nitrogen and oxygen atoms in total. The van der Waals surface area contributed by atoms with Gasteiger partial charge in [-0.2, -0.15) is 5.26 Å². The molecule has 0 aliphatic heterocycles. The van der Waals surface area contributed by atoms with E-state index in [0.29, 0.717) is 11.6 Å². The SMILES string of the molecule is CC(C#N)c1coc(-c2ccccc2)n1. The van der Waals surface area contributed by atoms with Crippen molar-refractivity contribution in [2.75, 3.05) is 0 Å². The lowest BCUT2D eigenvalue weighted by Crippen LogP contribution is -1.88. The molecule has 0 spiro atoms. The quantitative estimate of drug-likeness (QED) is 0.745. The minimum Gasteiger partial charge on any atom is -0.444 e. The second kappa shape index (κ2) is 3.97. The molecule has 1 atom stereocenters. The van der Waals surface area contributed by atoms with Gasteiger partial charge in [0.1, 0.15) is 6.26 Å². The molecule has 1 aromatic carbocycles. The van der Waals surface area contributed by atoms with E-state index in [0.717, 1.165) is 5.56 Å². The van der Waals surface area contributed by atoms with Gasteiger partial charge in [0, 0.05) is 5.56 Å². The van der Waals surface area contributed by atoms with Gasteiger partial charge in [-0.15, -0.1) is 0 Å². The van der Waals surface area contributed by atoms with Crippen molar-refractivity contribution in [2.24, 2.45) is 0 Å². The van der Waals surface area contributed by atoms with Gasteiger partial charge in [-0.3, -0.25) is 0 Å². The van der Waals surface area contributed by atoms with Crippen molar-refractivity contribution < 1.29 is 4.42 Å². The number of hydrogen-bond donors (Lipinski definition) is 0. The third-order valence-electron chi connectivity index (χ3n) is 2.18. The summed E-state index contributed by atoms with van der Waals surface area (Å²) in [4.78, 5) is 4.26. The zero-order valence-electron chi connectivity index (χ0n) is 8.34. The maximum atomic E-state index is 8.74. The second-order valence-electron chi connectivity index (χ2n) is 3.29. The summed E-state index contributed by atoms with van der Waals surface area (Å²) in [6, 6.07) is 11.8. The first-order valence-corrected chi connectivity index (χ1v) is 4.71. The number of nitriles is 1. The number of rotatable bonds is 2. The Labute approximate surface area is 88.0 Å². The first-order chi connectivity index (χ1) is 7.31. The molecule has 0 radical (unpaired) electrons. The lowest BCUT2D eigenvalue weighted by atomic mass is 10.1. The molecule has 0 bridgehead atoms. The Balaban J connectivity index is 2.33. The number of oxazole rings is 1. The van der Waals surface area contributed by atoms with Gasteiger partial charge < -0.3 is 4.42 Å². The van der Waals surface area contributed by atoms with Crippen LogP contribution >= 0.6 is 0 Å². The topological polar surface area (TPSA) is 49.8 Å². The van der Waals surface area contributed by atoms with E-state index in [4.69, 9.17) is 9.68 Å². The summed E-state index contributed by atoms with van der Waals surface area (Å²) in [6.45, 7) is 1.80. The van der Waals surface area contributed by atoms with E-state index in [1.165, 1.54) is 6.26 Å². The van der Waals surface area contributed by atoms with Gasteiger partial charge in [0.05, 0.1) is 17.7 Å². The van der Waals surface area contributed by atoms with Gasteiger partial charge in [0.25, 0.3) is 0 Å². The van der Waals surface area contributed by atoms with E-state index >= 15 is 0 Å². The van der Waals surface area contributed by atoms with Crippen molar-refractivity contribution in [1.82, 2.24) is 4.98 Å². The maximum Gasteiger partial charge on any atom is 0.226 e. The summed E-state index contributed by atoms with van der Waals surface area (Å²) in [5, 5.41) is 8.74. The highest BCUT2D eigenvalue weighted by Crippen LogP contribution is 2.21. The van der Waals surface area contributed by atoms with E-state index in [-0.39, 0.29) is 5.92 Å². The standard InChI is InChI=1S/C12H10N2O/c1-9(7-13)11-8-15-12(14-11)10-5-3-2-4-6-10/h2-6,8-9H,1H3. The molecule has 74 valence electrons. The Hall–Kier alpha value is -2.08. The van der Waals surface area contributed by atoms with E-state index in [1.807, 2.05) is 30.3 Å². The van der Waals surface area contributed by atoms with E-state index < -0.39 is 0 Å². The molecule has 0 aliphatic carbocycles. The average molecular weight is 198 g/mol. The summed E-state index contributed by atoms with van der Waals surface area (Å²) in [6.07, 6.45) is 1.54. The molecule has 0 fully saturated rings. The fourth-order valence-corrected chi connectivity index (χ4v) is 1.26. The third-order valence-corrected chi connectivity index (χ3v) is 2.18. The molecule has 0 aliphatic rings. The summed E-state index contributed by atoms with van der Waals surface area (Å²) in [5.41, 5.74) is 1.60. The Morgan fingerprint density at radius 1 is 1.33 bits per heavy atom. The predicted octanol–water partition coefficient (Wildman–Crippen LogP) is 2.97. The van der Waals surface area contributed by atoms with E-state index in [1.54, 1.807) is 6.92 Å². The molecular weight excluding hydrogens is 188 g/mol. The third kappa shape index (κ3) is 1.89. The highest BCUT2D eigenvalue weighted by Gasteiger charge is 2.11. The number of benzene rings is 1. The largest absolute Gasteiger partial charge is 0.444 e. The minimum atomic E-state index is -0.230. The van der Waals surface area contributed by atoms with Crippen LogP contribution in [0.2, 0.25) is 0 Å². The Kier molecular flexibility index (Phi) is 2.51. The first kappa shape index (κ1) is 9.47. The highest BCUT2D eigenvalue weighted by molar-refractivity contribution is 5.52. The molecule has 0 amide bonds. The molecule has 15 heavy (non-hydrogen) atoms. The molecule has 2 rings (SSSR count). The molecule has 1 heterocycles. The van der Waals surface area contributed by atoms with Crippen molar-refractivity contribution in [3.63, 3.8) is 0 Å². The van der Waals surface area contributed by atoms with Crippen LogP contribution in [0.1, 0.15) is 18.5 Å².